The molecule has 11 heavy (non-hydrogen) atoms. The van der Waals surface area contributed by atoms with E-state index in [0.717, 1.165) is 5.92 Å². The topological polar surface area (TPSA) is 12.0 Å². The van der Waals surface area contributed by atoms with Crippen molar-refractivity contribution < 1.29 is 0 Å². The maximum absolute atomic E-state index is 3.28. The van der Waals surface area contributed by atoms with E-state index >= 15 is 0 Å². The van der Waals surface area contributed by atoms with Crippen LogP contribution in [0.5, 0.6) is 0 Å². The molecule has 1 nitrogen and oxygen atoms in total. The minimum absolute atomic E-state index is 0.752. The average molecular weight is 146 g/mol. The highest BCUT2D eigenvalue weighted by atomic mass is 14.9. The van der Waals surface area contributed by atoms with Crippen LogP contribution in [0.15, 0.2) is 36.2 Å². The molecule has 1 heteroatoms. The molecule has 57 valence electrons. The van der Waals surface area contributed by atoms with Crippen LogP contribution in [0.1, 0.15) is 12.8 Å². The van der Waals surface area contributed by atoms with Gasteiger partial charge in [-0.15, -0.1) is 0 Å². The lowest BCUT2D eigenvalue weighted by Crippen LogP contribution is -2.21. The van der Waals surface area contributed by atoms with Gasteiger partial charge in [0.1, 0.15) is 0 Å². The fourth-order valence-corrected chi connectivity index (χ4v) is 1.31. The van der Waals surface area contributed by atoms with Gasteiger partial charge < -0.3 is 5.32 Å². The predicted molar refractivity (Wildman–Crippen MR) is 46.5 cm³/mol. The number of allylic oxidation sites excluding steroid dienone is 5. The third kappa shape index (κ3) is 1.37. The fraction of sp³-hybridized carbons (Fsp3) is 0.300. The van der Waals surface area contributed by atoms with Gasteiger partial charge in [-0.1, -0.05) is 12.2 Å². The summed E-state index contributed by atoms with van der Waals surface area (Å²) in [6.07, 6.45) is 15.1. The predicted octanol–water partition coefficient (Wildman–Crippen LogP) is 2.16. The fourth-order valence-electron chi connectivity index (χ4n) is 1.31. The zero-order valence-electron chi connectivity index (χ0n) is 6.46. The van der Waals surface area contributed by atoms with Crippen LogP contribution in [-0.2, 0) is 0 Å². The molecule has 1 aliphatic heterocycles. The Labute approximate surface area is 67.5 Å². The molecule has 1 radical (unpaired) electrons. The smallest absolute Gasteiger partial charge is 0.0178 e. The molecule has 0 spiro atoms. The summed E-state index contributed by atoms with van der Waals surface area (Å²) in [5.41, 5.74) is 1.36. The van der Waals surface area contributed by atoms with Gasteiger partial charge in [-0.3, -0.25) is 0 Å². The molecule has 2 aliphatic rings. The second kappa shape index (κ2) is 2.95. The van der Waals surface area contributed by atoms with Gasteiger partial charge in [0, 0.05) is 11.9 Å². The summed E-state index contributed by atoms with van der Waals surface area (Å²) < 4.78 is 0. The monoisotopic (exact) mass is 146 g/mol. The second-order valence-corrected chi connectivity index (χ2v) is 2.97. The van der Waals surface area contributed by atoms with E-state index in [0.29, 0.717) is 0 Å². The van der Waals surface area contributed by atoms with Gasteiger partial charge in [-0.25, -0.2) is 0 Å². The van der Waals surface area contributed by atoms with Crippen molar-refractivity contribution in [2.75, 3.05) is 0 Å². The number of hydrogen-bond donors (Lipinski definition) is 1. The number of rotatable bonds is 1. The molecule has 0 aromatic rings. The molecule has 0 atom stereocenters. The highest BCUT2D eigenvalue weighted by molar-refractivity contribution is 5.24. The van der Waals surface area contributed by atoms with Crippen molar-refractivity contribution in [2.45, 2.75) is 12.8 Å². The van der Waals surface area contributed by atoms with Gasteiger partial charge in [0.2, 0.25) is 0 Å². The van der Waals surface area contributed by atoms with Gasteiger partial charge in [-0.05, 0) is 37.3 Å². The summed E-state index contributed by atoms with van der Waals surface area (Å²) in [4.78, 5) is 0. The molecule has 1 saturated carbocycles. The SMILES string of the molecule is [CH]1CC(C2=CC=CC=CN2)C1. The summed E-state index contributed by atoms with van der Waals surface area (Å²) >= 11 is 0. The first kappa shape index (κ1) is 6.71. The summed E-state index contributed by atoms with van der Waals surface area (Å²) in [5.74, 6) is 0.752. The van der Waals surface area contributed by atoms with Gasteiger partial charge in [0.25, 0.3) is 0 Å². The summed E-state index contributed by atoms with van der Waals surface area (Å²) in [6.45, 7) is 0. The van der Waals surface area contributed by atoms with Crippen molar-refractivity contribution in [3.05, 3.63) is 42.6 Å². The van der Waals surface area contributed by atoms with Crippen LogP contribution in [0, 0.1) is 12.3 Å². The standard InChI is InChI=1S/C10H12N/c1-2-7-10(11-8-3-1)9-5-4-6-9/h1-4,7-9,11H,5-6H2. The Balaban J connectivity index is 2.06. The van der Waals surface area contributed by atoms with E-state index in [2.05, 4.69) is 23.9 Å². The van der Waals surface area contributed by atoms with Crippen LogP contribution < -0.4 is 5.32 Å². The first-order chi connectivity index (χ1) is 5.47. The van der Waals surface area contributed by atoms with E-state index in [1.165, 1.54) is 18.5 Å². The Morgan fingerprint density at radius 1 is 1.18 bits per heavy atom. The largest absolute Gasteiger partial charge is 0.365 e. The molecule has 0 aromatic carbocycles. The highest BCUT2D eigenvalue weighted by Gasteiger charge is 2.21. The average Bonchev–Trinajstić information content (AvgIpc) is 2.12. The molecular weight excluding hydrogens is 134 g/mol. The first-order valence-corrected chi connectivity index (χ1v) is 4.08. The van der Waals surface area contributed by atoms with Crippen molar-refractivity contribution in [3.8, 4) is 0 Å². The van der Waals surface area contributed by atoms with Crippen LogP contribution in [0.3, 0.4) is 0 Å². The third-order valence-electron chi connectivity index (χ3n) is 2.19. The normalized spacial score (nSPS) is 23.5. The highest BCUT2D eigenvalue weighted by Crippen LogP contribution is 2.31. The Morgan fingerprint density at radius 3 is 2.82 bits per heavy atom. The van der Waals surface area contributed by atoms with Crippen LogP contribution in [0.4, 0.5) is 0 Å². The van der Waals surface area contributed by atoms with Gasteiger partial charge >= 0.3 is 0 Å². The van der Waals surface area contributed by atoms with Crippen molar-refractivity contribution in [2.24, 2.45) is 5.92 Å². The molecule has 0 bridgehead atoms. The van der Waals surface area contributed by atoms with Crippen LogP contribution >= 0.6 is 0 Å². The maximum Gasteiger partial charge on any atom is 0.0178 e. The zero-order valence-corrected chi connectivity index (χ0v) is 6.46. The Kier molecular flexibility index (Phi) is 1.80. The lowest BCUT2D eigenvalue weighted by atomic mass is 9.82. The Morgan fingerprint density at radius 2 is 2.09 bits per heavy atom. The van der Waals surface area contributed by atoms with Gasteiger partial charge in [-0.2, -0.15) is 0 Å². The second-order valence-electron chi connectivity index (χ2n) is 2.97. The molecule has 1 aliphatic carbocycles. The molecule has 0 unspecified atom stereocenters. The Bertz CT molecular complexity index is 219. The quantitative estimate of drug-likeness (QED) is 0.597. The lowest BCUT2D eigenvalue weighted by molar-refractivity contribution is 0.459. The first-order valence-electron chi connectivity index (χ1n) is 4.08. The zero-order chi connectivity index (χ0) is 7.52. The lowest BCUT2D eigenvalue weighted by Gasteiger charge is -2.27. The summed E-state index contributed by atoms with van der Waals surface area (Å²) in [6, 6.07) is 0. The van der Waals surface area contributed by atoms with Gasteiger partial charge in [0.15, 0.2) is 0 Å². The minimum Gasteiger partial charge on any atom is -0.365 e. The molecule has 0 aromatic heterocycles. The number of hydrogen-bond acceptors (Lipinski definition) is 1. The van der Waals surface area contributed by atoms with Crippen molar-refractivity contribution in [1.82, 2.24) is 5.32 Å². The van der Waals surface area contributed by atoms with E-state index in [9.17, 15) is 0 Å². The summed E-state index contributed by atoms with van der Waals surface area (Å²) in [5, 5.41) is 3.28. The molecule has 0 amide bonds. The van der Waals surface area contributed by atoms with Gasteiger partial charge in [0.05, 0.1) is 0 Å². The molecular formula is C10H12N. The molecule has 2 rings (SSSR count). The van der Waals surface area contributed by atoms with Crippen LogP contribution in [-0.4, -0.2) is 0 Å². The third-order valence-corrected chi connectivity index (χ3v) is 2.19. The molecule has 1 fully saturated rings. The van der Waals surface area contributed by atoms with Crippen molar-refractivity contribution >= 4 is 0 Å². The maximum atomic E-state index is 3.28. The minimum atomic E-state index is 0.752. The van der Waals surface area contributed by atoms with E-state index in [1.54, 1.807) is 0 Å². The number of nitrogens with one attached hydrogen (secondary N) is 1. The van der Waals surface area contributed by atoms with Crippen LogP contribution in [0.25, 0.3) is 0 Å². The van der Waals surface area contributed by atoms with E-state index in [4.69, 9.17) is 0 Å². The summed E-state index contributed by atoms with van der Waals surface area (Å²) in [7, 11) is 0. The van der Waals surface area contributed by atoms with E-state index in [1.807, 2.05) is 18.4 Å². The van der Waals surface area contributed by atoms with E-state index in [-0.39, 0.29) is 0 Å². The van der Waals surface area contributed by atoms with Crippen molar-refractivity contribution in [3.63, 3.8) is 0 Å². The van der Waals surface area contributed by atoms with Crippen LogP contribution in [0.2, 0.25) is 0 Å². The van der Waals surface area contributed by atoms with Crippen molar-refractivity contribution in [1.29, 1.82) is 0 Å². The molecule has 1 N–H and O–H groups in total. The van der Waals surface area contributed by atoms with E-state index < -0.39 is 0 Å². The Hall–Kier alpha value is -0.980. The molecule has 0 saturated heterocycles. The molecule has 1 heterocycles.